The highest BCUT2D eigenvalue weighted by molar-refractivity contribution is 5.48. The van der Waals surface area contributed by atoms with Crippen molar-refractivity contribution in [3.8, 4) is 0 Å². The van der Waals surface area contributed by atoms with E-state index in [-0.39, 0.29) is 0 Å². The third-order valence-electron chi connectivity index (χ3n) is 2.45. The summed E-state index contributed by atoms with van der Waals surface area (Å²) in [6.07, 6.45) is 5.30. The lowest BCUT2D eigenvalue weighted by Gasteiger charge is -2.03. The first kappa shape index (κ1) is 14.9. The van der Waals surface area contributed by atoms with Gasteiger partial charge < -0.3 is 14.8 Å². The summed E-state index contributed by atoms with van der Waals surface area (Å²) in [5.74, 6) is 0. The highest BCUT2D eigenvalue weighted by atomic mass is 16.5. The summed E-state index contributed by atoms with van der Waals surface area (Å²) in [4.78, 5) is 0. The molecule has 1 aromatic carbocycles. The van der Waals surface area contributed by atoms with E-state index in [2.05, 4.69) is 29.6 Å². The maximum Gasteiger partial charge on any atom is 0.0700 e. The van der Waals surface area contributed by atoms with Crippen molar-refractivity contribution in [2.24, 2.45) is 0 Å². The molecule has 0 aromatic heterocycles. The topological polar surface area (TPSA) is 30.5 Å². The van der Waals surface area contributed by atoms with Crippen LogP contribution in [0, 0.1) is 0 Å². The van der Waals surface area contributed by atoms with Crippen LogP contribution in [0.5, 0.6) is 0 Å². The second kappa shape index (κ2) is 11.0. The van der Waals surface area contributed by atoms with Crippen LogP contribution in [0.2, 0.25) is 0 Å². The second-order valence-electron chi connectivity index (χ2n) is 3.98. The normalized spacial score (nSPS) is 11.2. The number of benzene rings is 1. The smallest absolute Gasteiger partial charge is 0.0700 e. The number of ether oxygens (including phenoxy) is 2. The molecular formula is C15H23NO2. The molecule has 0 atom stereocenters. The molecule has 0 aliphatic heterocycles. The van der Waals surface area contributed by atoms with Crippen molar-refractivity contribution in [2.75, 3.05) is 40.0 Å². The van der Waals surface area contributed by atoms with Crippen LogP contribution in [0.3, 0.4) is 0 Å². The van der Waals surface area contributed by atoms with Gasteiger partial charge in [0.15, 0.2) is 0 Å². The lowest BCUT2D eigenvalue weighted by Crippen LogP contribution is -2.17. The van der Waals surface area contributed by atoms with Gasteiger partial charge in [-0.15, -0.1) is 0 Å². The first-order chi connectivity index (χ1) is 8.93. The van der Waals surface area contributed by atoms with Crippen LogP contribution in [-0.2, 0) is 9.47 Å². The van der Waals surface area contributed by atoms with Gasteiger partial charge in [-0.2, -0.15) is 0 Å². The van der Waals surface area contributed by atoms with E-state index < -0.39 is 0 Å². The van der Waals surface area contributed by atoms with Crippen molar-refractivity contribution in [1.29, 1.82) is 0 Å². The lowest BCUT2D eigenvalue weighted by molar-refractivity contribution is 0.0696. The average Bonchev–Trinajstić information content (AvgIpc) is 2.42. The van der Waals surface area contributed by atoms with Crippen LogP contribution < -0.4 is 5.32 Å². The fraction of sp³-hybridized carbons (Fsp3) is 0.467. The summed E-state index contributed by atoms with van der Waals surface area (Å²) < 4.78 is 10.3. The molecule has 3 heteroatoms. The Balaban J connectivity index is 1.91. The van der Waals surface area contributed by atoms with Gasteiger partial charge in [0.2, 0.25) is 0 Å². The van der Waals surface area contributed by atoms with Crippen molar-refractivity contribution in [3.05, 3.63) is 42.0 Å². The Morgan fingerprint density at radius 1 is 1.11 bits per heavy atom. The highest BCUT2D eigenvalue weighted by Gasteiger charge is 1.88. The van der Waals surface area contributed by atoms with Gasteiger partial charge >= 0.3 is 0 Å². The molecule has 0 fully saturated rings. The van der Waals surface area contributed by atoms with Crippen LogP contribution in [0.1, 0.15) is 12.0 Å². The molecule has 0 bridgehead atoms. The molecule has 0 spiro atoms. The fourth-order valence-electron chi connectivity index (χ4n) is 1.49. The van der Waals surface area contributed by atoms with Crippen molar-refractivity contribution in [1.82, 2.24) is 5.32 Å². The number of rotatable bonds is 10. The number of nitrogens with one attached hydrogen (secondary N) is 1. The van der Waals surface area contributed by atoms with Crippen LogP contribution in [0.15, 0.2) is 36.4 Å². The molecule has 1 N–H and O–H groups in total. The zero-order valence-electron chi connectivity index (χ0n) is 11.1. The van der Waals surface area contributed by atoms with Gasteiger partial charge in [0.05, 0.1) is 13.2 Å². The van der Waals surface area contributed by atoms with Crippen molar-refractivity contribution in [3.63, 3.8) is 0 Å². The van der Waals surface area contributed by atoms with Crippen LogP contribution in [0.4, 0.5) is 0 Å². The largest absolute Gasteiger partial charge is 0.382 e. The molecular weight excluding hydrogens is 226 g/mol. The van der Waals surface area contributed by atoms with Crippen molar-refractivity contribution >= 4 is 6.08 Å². The molecule has 0 saturated carbocycles. The predicted molar refractivity (Wildman–Crippen MR) is 75.7 cm³/mol. The van der Waals surface area contributed by atoms with E-state index in [1.54, 1.807) is 7.11 Å². The van der Waals surface area contributed by atoms with Gasteiger partial charge in [-0.1, -0.05) is 42.5 Å². The molecule has 0 radical (unpaired) electrons. The second-order valence-corrected chi connectivity index (χ2v) is 3.98. The molecule has 100 valence electrons. The average molecular weight is 249 g/mol. The molecule has 0 amide bonds. The zero-order chi connectivity index (χ0) is 12.9. The predicted octanol–water partition coefficient (Wildman–Crippen LogP) is 2.34. The highest BCUT2D eigenvalue weighted by Crippen LogP contribution is 1.99. The third kappa shape index (κ3) is 8.01. The summed E-state index contributed by atoms with van der Waals surface area (Å²) in [7, 11) is 1.68. The standard InChI is InChI=1S/C15H23NO2/c1-17-13-14-18-12-6-11-16-10-5-9-15-7-3-2-4-8-15/h2-5,7-9,16H,6,10-14H2,1H3/b9-5+. The van der Waals surface area contributed by atoms with E-state index in [0.717, 1.165) is 26.1 Å². The Hall–Kier alpha value is -1.16. The number of hydrogen-bond donors (Lipinski definition) is 1. The van der Waals surface area contributed by atoms with E-state index in [1.165, 1.54) is 5.56 Å². The third-order valence-corrected chi connectivity index (χ3v) is 2.45. The van der Waals surface area contributed by atoms with Gasteiger partial charge in [0.1, 0.15) is 0 Å². The Kier molecular flexibility index (Phi) is 9.07. The van der Waals surface area contributed by atoms with E-state index >= 15 is 0 Å². The maximum atomic E-state index is 5.37. The van der Waals surface area contributed by atoms with Gasteiger partial charge in [-0.25, -0.2) is 0 Å². The Labute approximate surface area is 110 Å². The molecule has 18 heavy (non-hydrogen) atoms. The summed E-state index contributed by atoms with van der Waals surface area (Å²) in [6, 6.07) is 10.3. The Morgan fingerprint density at radius 3 is 2.72 bits per heavy atom. The Bertz CT molecular complexity index is 312. The van der Waals surface area contributed by atoms with Gasteiger partial charge in [0.25, 0.3) is 0 Å². The van der Waals surface area contributed by atoms with Crippen molar-refractivity contribution < 1.29 is 9.47 Å². The summed E-state index contributed by atoms with van der Waals surface area (Å²) >= 11 is 0. The minimum atomic E-state index is 0.674. The molecule has 0 unspecified atom stereocenters. The minimum absolute atomic E-state index is 0.674. The summed E-state index contributed by atoms with van der Waals surface area (Å²) in [5.41, 5.74) is 1.24. The molecule has 0 aliphatic rings. The zero-order valence-corrected chi connectivity index (χ0v) is 11.1. The van der Waals surface area contributed by atoms with Crippen LogP contribution >= 0.6 is 0 Å². The van der Waals surface area contributed by atoms with Gasteiger partial charge in [-0.05, 0) is 18.5 Å². The SMILES string of the molecule is COCCOCCCNC/C=C/c1ccccc1. The molecule has 0 heterocycles. The van der Waals surface area contributed by atoms with Crippen molar-refractivity contribution in [2.45, 2.75) is 6.42 Å². The summed E-state index contributed by atoms with van der Waals surface area (Å²) in [5, 5.41) is 3.35. The van der Waals surface area contributed by atoms with Crippen LogP contribution in [-0.4, -0.2) is 40.0 Å². The number of hydrogen-bond acceptors (Lipinski definition) is 3. The van der Waals surface area contributed by atoms with E-state index in [1.807, 2.05) is 18.2 Å². The molecule has 0 aliphatic carbocycles. The lowest BCUT2D eigenvalue weighted by atomic mass is 10.2. The molecule has 3 nitrogen and oxygen atoms in total. The van der Waals surface area contributed by atoms with E-state index in [0.29, 0.717) is 13.2 Å². The van der Waals surface area contributed by atoms with Gasteiger partial charge in [-0.3, -0.25) is 0 Å². The monoisotopic (exact) mass is 249 g/mol. The van der Waals surface area contributed by atoms with Gasteiger partial charge in [0, 0.05) is 20.3 Å². The van der Waals surface area contributed by atoms with E-state index in [4.69, 9.17) is 9.47 Å². The fourth-order valence-corrected chi connectivity index (χ4v) is 1.49. The first-order valence-corrected chi connectivity index (χ1v) is 6.42. The minimum Gasteiger partial charge on any atom is -0.382 e. The van der Waals surface area contributed by atoms with Crippen LogP contribution in [0.25, 0.3) is 6.08 Å². The van der Waals surface area contributed by atoms with E-state index in [9.17, 15) is 0 Å². The summed E-state index contributed by atoms with van der Waals surface area (Å²) in [6.45, 7) is 4.02. The Morgan fingerprint density at radius 2 is 1.94 bits per heavy atom. The molecule has 1 rings (SSSR count). The first-order valence-electron chi connectivity index (χ1n) is 6.42. The molecule has 1 aromatic rings. The quantitative estimate of drug-likeness (QED) is 0.646. The molecule has 0 saturated heterocycles. The maximum absolute atomic E-state index is 5.37. The number of methoxy groups -OCH3 is 1.